The average molecular weight is 434 g/mol. The van der Waals surface area contributed by atoms with E-state index in [1.54, 1.807) is 6.21 Å². The normalized spacial score (nSPS) is 11.0. The second-order valence-corrected chi connectivity index (χ2v) is 9.79. The Morgan fingerprint density at radius 2 is 1.28 bits per heavy atom. The van der Waals surface area contributed by atoms with Crippen molar-refractivity contribution in [2.24, 2.45) is 5.10 Å². The van der Waals surface area contributed by atoms with E-state index in [1.807, 2.05) is 109 Å². The van der Waals surface area contributed by atoms with Crippen LogP contribution in [0.1, 0.15) is 22.3 Å². The number of hydrogen-bond acceptors (Lipinski definition) is 2. The second kappa shape index (κ2) is 9.96. The Morgan fingerprint density at radius 3 is 1.91 bits per heavy atom. The maximum absolute atomic E-state index is 14.0. The van der Waals surface area contributed by atoms with Gasteiger partial charge < -0.3 is 0 Å². The van der Waals surface area contributed by atoms with Gasteiger partial charge in [-0.25, -0.2) is 0 Å². The van der Waals surface area contributed by atoms with Crippen LogP contribution in [0.4, 0.5) is 0 Å². The molecule has 4 aromatic carbocycles. The molecule has 32 heavy (non-hydrogen) atoms. The Bertz CT molecular complexity index is 1280. The van der Waals surface area contributed by atoms with Crippen LogP contribution in [0, 0.1) is 18.8 Å². The molecule has 3 nitrogen and oxygen atoms in total. The van der Waals surface area contributed by atoms with E-state index in [4.69, 9.17) is 0 Å². The molecule has 0 unspecified atom stereocenters. The van der Waals surface area contributed by atoms with Crippen LogP contribution in [0.5, 0.6) is 0 Å². The number of hydrogen-bond donors (Lipinski definition) is 1. The molecule has 0 fully saturated rings. The van der Waals surface area contributed by atoms with Gasteiger partial charge in [0.15, 0.2) is 0 Å². The molecule has 0 atom stereocenters. The van der Waals surface area contributed by atoms with Gasteiger partial charge in [0.2, 0.25) is 7.29 Å². The van der Waals surface area contributed by atoms with Crippen LogP contribution in [0.3, 0.4) is 0 Å². The minimum atomic E-state index is -3.13. The SMILES string of the molecule is Cc1ccc(C#Cc2ccccc2/C=N/NP(=O)(c2ccccc2)c2ccccc2)cc1. The van der Waals surface area contributed by atoms with Gasteiger partial charge in [-0.1, -0.05) is 84.1 Å². The second-order valence-electron chi connectivity index (χ2n) is 7.34. The van der Waals surface area contributed by atoms with Crippen molar-refractivity contribution < 1.29 is 4.57 Å². The molecule has 0 radical (unpaired) electrons. The summed E-state index contributed by atoms with van der Waals surface area (Å²) in [5.74, 6) is 6.42. The van der Waals surface area contributed by atoms with Crippen molar-refractivity contribution in [1.29, 1.82) is 0 Å². The molecule has 0 spiro atoms. The van der Waals surface area contributed by atoms with Gasteiger partial charge in [0.1, 0.15) is 0 Å². The molecule has 4 heteroatoms. The first-order chi connectivity index (χ1) is 15.6. The fourth-order valence-electron chi connectivity index (χ4n) is 3.22. The third-order valence-electron chi connectivity index (χ3n) is 5.00. The van der Waals surface area contributed by atoms with Gasteiger partial charge in [0.05, 0.1) is 6.21 Å². The van der Waals surface area contributed by atoms with Crippen LogP contribution in [-0.2, 0) is 4.57 Å². The molecule has 0 amide bonds. The Labute approximate surface area is 189 Å². The standard InChI is InChI=1S/C28H23N2OP/c1-23-16-18-24(19-17-23)20-21-25-10-8-9-11-26(25)22-29-30-32(31,27-12-4-2-5-13-27)28-14-6-3-7-15-28/h2-19,22H,1H3,(H,30,31)/b29-22+. The lowest BCUT2D eigenvalue weighted by Gasteiger charge is -2.18. The molecule has 0 heterocycles. The van der Waals surface area contributed by atoms with Crippen molar-refractivity contribution in [3.05, 3.63) is 131 Å². The smallest absolute Gasteiger partial charge is 0.242 e. The number of nitrogens with zero attached hydrogens (tertiary/aromatic N) is 1. The average Bonchev–Trinajstić information content (AvgIpc) is 2.85. The van der Waals surface area contributed by atoms with Gasteiger partial charge in [-0.2, -0.15) is 5.10 Å². The fraction of sp³-hybridized carbons (Fsp3) is 0.0357. The predicted octanol–water partition coefficient (Wildman–Crippen LogP) is 5.25. The predicted molar refractivity (Wildman–Crippen MR) is 134 cm³/mol. The number of benzene rings is 4. The van der Waals surface area contributed by atoms with Crippen LogP contribution in [0.15, 0.2) is 114 Å². The van der Waals surface area contributed by atoms with Crippen molar-refractivity contribution in [3.63, 3.8) is 0 Å². The Balaban J connectivity index is 1.62. The Morgan fingerprint density at radius 1 is 0.719 bits per heavy atom. The highest BCUT2D eigenvalue weighted by atomic mass is 31.2. The van der Waals surface area contributed by atoms with Gasteiger partial charge in [0.25, 0.3) is 0 Å². The highest BCUT2D eigenvalue weighted by Gasteiger charge is 2.26. The molecule has 4 aromatic rings. The summed E-state index contributed by atoms with van der Waals surface area (Å²) in [7, 11) is -3.13. The van der Waals surface area contributed by atoms with E-state index in [-0.39, 0.29) is 0 Å². The molecule has 0 aromatic heterocycles. The highest BCUT2D eigenvalue weighted by molar-refractivity contribution is 7.76. The maximum Gasteiger partial charge on any atom is 0.242 e. The van der Waals surface area contributed by atoms with Crippen LogP contribution < -0.4 is 15.8 Å². The molecule has 4 rings (SSSR count). The van der Waals surface area contributed by atoms with Crippen molar-refractivity contribution >= 4 is 24.1 Å². The monoisotopic (exact) mass is 434 g/mol. The zero-order valence-corrected chi connectivity index (χ0v) is 18.7. The quantitative estimate of drug-likeness (QED) is 0.202. The molecule has 156 valence electrons. The van der Waals surface area contributed by atoms with E-state index < -0.39 is 7.29 Å². The lowest BCUT2D eigenvalue weighted by Crippen LogP contribution is -2.24. The van der Waals surface area contributed by atoms with Crippen LogP contribution in [0.25, 0.3) is 0 Å². The Kier molecular flexibility index (Phi) is 6.66. The summed E-state index contributed by atoms with van der Waals surface area (Å²) in [5.41, 5.74) is 3.87. The van der Waals surface area contributed by atoms with Gasteiger partial charge in [-0.3, -0.25) is 9.76 Å². The lowest BCUT2D eigenvalue weighted by molar-refractivity contribution is 0.580. The molecule has 0 saturated carbocycles. The largest absolute Gasteiger partial charge is 0.289 e. The van der Waals surface area contributed by atoms with Gasteiger partial charge in [-0.05, 0) is 49.4 Å². The number of rotatable bonds is 5. The molecular formula is C28H23N2OP. The fourth-order valence-corrected chi connectivity index (χ4v) is 5.15. The summed E-state index contributed by atoms with van der Waals surface area (Å²) in [6.07, 6.45) is 1.68. The molecule has 0 saturated heterocycles. The maximum atomic E-state index is 14.0. The third kappa shape index (κ3) is 5.06. The van der Waals surface area contributed by atoms with Gasteiger partial charge in [0, 0.05) is 27.3 Å². The number of aryl methyl sites for hydroxylation is 1. The summed E-state index contributed by atoms with van der Waals surface area (Å²) in [4.78, 5) is 0. The molecule has 0 bridgehead atoms. The van der Waals surface area contributed by atoms with Crippen molar-refractivity contribution in [2.45, 2.75) is 6.92 Å². The molecule has 0 aliphatic rings. The van der Waals surface area contributed by atoms with Gasteiger partial charge >= 0.3 is 0 Å². The van der Waals surface area contributed by atoms with E-state index in [1.165, 1.54) is 5.56 Å². The third-order valence-corrected chi connectivity index (χ3v) is 7.44. The summed E-state index contributed by atoms with van der Waals surface area (Å²) in [5, 5.41) is 8.76. The van der Waals surface area contributed by atoms with Crippen molar-refractivity contribution in [1.82, 2.24) is 5.20 Å². The van der Waals surface area contributed by atoms with E-state index in [9.17, 15) is 4.57 Å². The van der Waals surface area contributed by atoms with E-state index in [2.05, 4.69) is 29.1 Å². The van der Waals surface area contributed by atoms with Crippen LogP contribution in [-0.4, -0.2) is 6.21 Å². The number of nitrogens with one attached hydrogen (secondary N) is 1. The van der Waals surface area contributed by atoms with Crippen LogP contribution >= 0.6 is 7.29 Å². The first kappa shape index (κ1) is 21.4. The topological polar surface area (TPSA) is 41.5 Å². The molecule has 0 aliphatic carbocycles. The molecule has 1 N–H and O–H groups in total. The zero-order chi connectivity index (χ0) is 22.2. The highest BCUT2D eigenvalue weighted by Crippen LogP contribution is 2.38. The molecular weight excluding hydrogens is 411 g/mol. The van der Waals surface area contributed by atoms with E-state index in [0.29, 0.717) is 10.6 Å². The number of hydrazone groups is 1. The van der Waals surface area contributed by atoms with Crippen molar-refractivity contribution in [3.8, 4) is 11.8 Å². The lowest BCUT2D eigenvalue weighted by atomic mass is 10.1. The minimum absolute atomic E-state index is 0.704. The van der Waals surface area contributed by atoms with E-state index in [0.717, 1.165) is 16.7 Å². The first-order valence-electron chi connectivity index (χ1n) is 10.3. The Hall–Kier alpha value is -3.86. The first-order valence-corrected chi connectivity index (χ1v) is 12.1. The van der Waals surface area contributed by atoms with Gasteiger partial charge in [-0.15, -0.1) is 0 Å². The summed E-state index contributed by atoms with van der Waals surface area (Å²) < 4.78 is 14.0. The minimum Gasteiger partial charge on any atom is -0.289 e. The molecule has 0 aliphatic heterocycles. The van der Waals surface area contributed by atoms with Crippen LogP contribution in [0.2, 0.25) is 0 Å². The zero-order valence-electron chi connectivity index (χ0n) is 17.8. The van der Waals surface area contributed by atoms with E-state index >= 15 is 0 Å². The summed E-state index contributed by atoms with van der Waals surface area (Å²) >= 11 is 0. The van der Waals surface area contributed by atoms with Crippen molar-refractivity contribution in [2.75, 3.05) is 0 Å². The summed E-state index contributed by atoms with van der Waals surface area (Å²) in [6, 6.07) is 34.7. The summed E-state index contributed by atoms with van der Waals surface area (Å²) in [6.45, 7) is 2.06.